The summed E-state index contributed by atoms with van der Waals surface area (Å²) < 4.78 is 0. The summed E-state index contributed by atoms with van der Waals surface area (Å²) in [6, 6.07) is 3.47. The number of pyridine rings is 1. The average molecular weight is 319 g/mol. The number of carbonyl (C=O) groups excluding carboxylic acids is 2. The molecular weight excluding hydrogens is 294 g/mol. The Balaban J connectivity index is 2.28. The quantitative estimate of drug-likeness (QED) is 0.541. The standard InChI is InChI=1S/C16H25N5O2/c1-12(2)20-21-14-9-8-13(11-19-14)16(23)18-10-6-4-5-7-15(22)17-3/h8-9,11-12H,4-7,10H2,1-3H3,(H,17,22)(H,18,23). The molecule has 0 atom stereocenters. The normalized spacial score (nSPS) is 11.0. The lowest BCUT2D eigenvalue weighted by molar-refractivity contribution is -0.120. The lowest BCUT2D eigenvalue weighted by Crippen LogP contribution is -2.24. The molecular formula is C16H25N5O2. The fourth-order valence-corrected chi connectivity index (χ4v) is 1.77. The first-order valence-electron chi connectivity index (χ1n) is 7.88. The maximum absolute atomic E-state index is 11.9. The molecule has 0 aromatic carbocycles. The Morgan fingerprint density at radius 2 is 2.00 bits per heavy atom. The molecule has 2 N–H and O–H groups in total. The van der Waals surface area contributed by atoms with E-state index in [1.165, 1.54) is 6.20 Å². The van der Waals surface area contributed by atoms with E-state index in [0.29, 0.717) is 24.3 Å². The van der Waals surface area contributed by atoms with Gasteiger partial charge in [0.15, 0.2) is 5.82 Å². The van der Waals surface area contributed by atoms with Crippen molar-refractivity contribution < 1.29 is 9.59 Å². The highest BCUT2D eigenvalue weighted by Crippen LogP contribution is 2.10. The van der Waals surface area contributed by atoms with Crippen LogP contribution < -0.4 is 10.6 Å². The van der Waals surface area contributed by atoms with E-state index in [-0.39, 0.29) is 17.9 Å². The second kappa shape index (κ2) is 10.4. The molecule has 7 heteroatoms. The number of rotatable bonds is 9. The Labute approximate surface area is 137 Å². The maximum atomic E-state index is 11.9. The van der Waals surface area contributed by atoms with Crippen molar-refractivity contribution in [2.45, 2.75) is 45.6 Å². The Morgan fingerprint density at radius 1 is 1.22 bits per heavy atom. The van der Waals surface area contributed by atoms with Gasteiger partial charge in [-0.1, -0.05) is 6.42 Å². The molecule has 1 aromatic rings. The van der Waals surface area contributed by atoms with Crippen molar-refractivity contribution in [3.05, 3.63) is 23.9 Å². The molecule has 0 aliphatic rings. The number of nitrogens with one attached hydrogen (secondary N) is 2. The van der Waals surface area contributed by atoms with Crippen molar-refractivity contribution in [2.24, 2.45) is 10.2 Å². The highest BCUT2D eigenvalue weighted by atomic mass is 16.2. The molecule has 126 valence electrons. The third kappa shape index (κ3) is 8.04. The number of hydrogen-bond acceptors (Lipinski definition) is 5. The predicted molar refractivity (Wildman–Crippen MR) is 88.8 cm³/mol. The highest BCUT2D eigenvalue weighted by Gasteiger charge is 2.05. The first-order valence-corrected chi connectivity index (χ1v) is 7.88. The summed E-state index contributed by atoms with van der Waals surface area (Å²) in [7, 11) is 1.63. The van der Waals surface area contributed by atoms with Crippen LogP contribution in [0.15, 0.2) is 28.6 Å². The molecule has 0 bridgehead atoms. The van der Waals surface area contributed by atoms with Crippen LogP contribution in [0.4, 0.5) is 5.82 Å². The summed E-state index contributed by atoms with van der Waals surface area (Å²) in [5.41, 5.74) is 0.499. The van der Waals surface area contributed by atoms with E-state index in [9.17, 15) is 9.59 Å². The molecule has 0 aliphatic carbocycles. The van der Waals surface area contributed by atoms with Gasteiger partial charge >= 0.3 is 0 Å². The number of azo groups is 1. The number of amides is 2. The lowest BCUT2D eigenvalue weighted by Gasteiger charge is -2.05. The highest BCUT2D eigenvalue weighted by molar-refractivity contribution is 5.93. The van der Waals surface area contributed by atoms with Crippen LogP contribution in [0.25, 0.3) is 0 Å². The smallest absolute Gasteiger partial charge is 0.252 e. The first-order chi connectivity index (χ1) is 11.0. The van der Waals surface area contributed by atoms with Crippen LogP contribution in [0.1, 0.15) is 49.9 Å². The van der Waals surface area contributed by atoms with Gasteiger partial charge in [-0.2, -0.15) is 5.11 Å². The van der Waals surface area contributed by atoms with Crippen LogP contribution in [-0.2, 0) is 4.79 Å². The number of aromatic nitrogens is 1. The molecule has 0 saturated carbocycles. The van der Waals surface area contributed by atoms with Crippen molar-refractivity contribution in [1.29, 1.82) is 0 Å². The van der Waals surface area contributed by atoms with Gasteiger partial charge in [-0.3, -0.25) is 9.59 Å². The van der Waals surface area contributed by atoms with Crippen LogP contribution in [0.5, 0.6) is 0 Å². The SMILES string of the molecule is CNC(=O)CCCCCNC(=O)c1ccc(N=NC(C)C)nc1. The van der Waals surface area contributed by atoms with E-state index in [1.54, 1.807) is 19.2 Å². The maximum Gasteiger partial charge on any atom is 0.252 e. The van der Waals surface area contributed by atoms with E-state index < -0.39 is 0 Å². The van der Waals surface area contributed by atoms with Gasteiger partial charge in [0.05, 0.1) is 11.6 Å². The average Bonchev–Trinajstić information content (AvgIpc) is 2.56. The lowest BCUT2D eigenvalue weighted by atomic mass is 10.2. The van der Waals surface area contributed by atoms with E-state index in [4.69, 9.17) is 0 Å². The van der Waals surface area contributed by atoms with E-state index in [0.717, 1.165) is 19.3 Å². The zero-order valence-electron chi connectivity index (χ0n) is 14.0. The summed E-state index contributed by atoms with van der Waals surface area (Å²) in [6.07, 6.45) is 4.60. The minimum Gasteiger partial charge on any atom is -0.359 e. The Hall–Kier alpha value is -2.31. The van der Waals surface area contributed by atoms with Crippen LogP contribution in [-0.4, -0.2) is 36.4 Å². The minimum atomic E-state index is -0.156. The van der Waals surface area contributed by atoms with Crippen LogP contribution >= 0.6 is 0 Å². The predicted octanol–water partition coefficient (Wildman–Crippen LogP) is 2.61. The minimum absolute atomic E-state index is 0.0508. The molecule has 0 radical (unpaired) electrons. The Morgan fingerprint density at radius 3 is 2.61 bits per heavy atom. The fourth-order valence-electron chi connectivity index (χ4n) is 1.77. The molecule has 0 aliphatic heterocycles. The molecule has 1 heterocycles. The largest absolute Gasteiger partial charge is 0.359 e. The summed E-state index contributed by atoms with van der Waals surface area (Å²) in [5.74, 6) is 0.385. The van der Waals surface area contributed by atoms with Crippen molar-refractivity contribution in [3.63, 3.8) is 0 Å². The molecule has 0 saturated heterocycles. The molecule has 1 aromatic heterocycles. The number of unbranched alkanes of at least 4 members (excludes halogenated alkanes) is 2. The van der Waals surface area contributed by atoms with Gasteiger partial charge in [-0.15, -0.1) is 5.11 Å². The fraction of sp³-hybridized carbons (Fsp3) is 0.562. The molecule has 1 rings (SSSR count). The van der Waals surface area contributed by atoms with Gasteiger partial charge < -0.3 is 10.6 Å². The van der Waals surface area contributed by atoms with Gasteiger partial charge in [0.1, 0.15) is 0 Å². The third-order valence-corrected chi connectivity index (χ3v) is 3.05. The molecule has 0 spiro atoms. The number of nitrogens with zero attached hydrogens (tertiary/aromatic N) is 3. The van der Waals surface area contributed by atoms with Gasteiger partial charge in [0, 0.05) is 26.2 Å². The zero-order valence-corrected chi connectivity index (χ0v) is 14.0. The molecule has 0 fully saturated rings. The van der Waals surface area contributed by atoms with E-state index in [1.807, 2.05) is 13.8 Å². The van der Waals surface area contributed by atoms with Crippen molar-refractivity contribution in [1.82, 2.24) is 15.6 Å². The van der Waals surface area contributed by atoms with Crippen molar-refractivity contribution in [2.75, 3.05) is 13.6 Å². The van der Waals surface area contributed by atoms with Gasteiger partial charge in [-0.25, -0.2) is 4.98 Å². The number of carbonyl (C=O) groups is 2. The first kappa shape index (κ1) is 18.7. The third-order valence-electron chi connectivity index (χ3n) is 3.05. The summed E-state index contributed by atoms with van der Waals surface area (Å²) in [6.45, 7) is 4.45. The molecule has 2 amide bonds. The Kier molecular flexibility index (Phi) is 8.49. The molecule has 23 heavy (non-hydrogen) atoms. The zero-order chi connectivity index (χ0) is 17.1. The molecule has 7 nitrogen and oxygen atoms in total. The van der Waals surface area contributed by atoms with Crippen molar-refractivity contribution in [3.8, 4) is 0 Å². The second-order valence-electron chi connectivity index (χ2n) is 5.45. The van der Waals surface area contributed by atoms with Crippen LogP contribution in [0.3, 0.4) is 0 Å². The summed E-state index contributed by atoms with van der Waals surface area (Å²) in [4.78, 5) is 27.1. The van der Waals surface area contributed by atoms with Gasteiger partial charge in [-0.05, 0) is 38.8 Å². The number of hydrogen-bond donors (Lipinski definition) is 2. The second-order valence-corrected chi connectivity index (χ2v) is 5.45. The topological polar surface area (TPSA) is 95.8 Å². The summed E-state index contributed by atoms with van der Waals surface area (Å²) >= 11 is 0. The van der Waals surface area contributed by atoms with Gasteiger partial charge in [0.25, 0.3) is 5.91 Å². The van der Waals surface area contributed by atoms with Crippen LogP contribution in [0, 0.1) is 0 Å². The van der Waals surface area contributed by atoms with Crippen molar-refractivity contribution >= 4 is 17.6 Å². The molecule has 0 unspecified atom stereocenters. The van der Waals surface area contributed by atoms with E-state index in [2.05, 4.69) is 25.8 Å². The monoisotopic (exact) mass is 319 g/mol. The summed E-state index contributed by atoms with van der Waals surface area (Å²) in [5, 5.41) is 13.4. The Bertz CT molecular complexity index is 526. The van der Waals surface area contributed by atoms with Crippen LogP contribution in [0.2, 0.25) is 0 Å². The van der Waals surface area contributed by atoms with Gasteiger partial charge in [0.2, 0.25) is 5.91 Å². The van der Waals surface area contributed by atoms with E-state index >= 15 is 0 Å².